The highest BCUT2D eigenvalue weighted by Gasteiger charge is 2.27. The Balaban J connectivity index is 0.955. The molecule has 0 N–H and O–H groups in total. The van der Waals surface area contributed by atoms with E-state index in [-0.39, 0.29) is 30.7 Å². The molecular weight excluding hydrogens is 555 g/mol. The topological polar surface area (TPSA) is 88.3 Å². The lowest BCUT2D eigenvalue weighted by atomic mass is 9.99. The van der Waals surface area contributed by atoms with Crippen LogP contribution in [-0.4, -0.2) is 51.4 Å². The number of carbonyl (C=O) groups excluding carboxylic acids is 1. The van der Waals surface area contributed by atoms with Gasteiger partial charge in [-0.05, 0) is 82.9 Å². The molecule has 3 aliphatic rings. The summed E-state index contributed by atoms with van der Waals surface area (Å²) in [6.45, 7) is 4.24. The van der Waals surface area contributed by atoms with E-state index in [0.717, 1.165) is 28.9 Å². The molecule has 1 aliphatic carbocycles. The number of halogens is 1. The summed E-state index contributed by atoms with van der Waals surface area (Å²) in [5, 5.41) is 0. The van der Waals surface area contributed by atoms with Crippen molar-refractivity contribution in [2.45, 2.75) is 25.0 Å². The SMILES string of the molecule is CC1c2cc(OCOc3ccc(OCC4CO4)cc3F)ccc2-c2ccc(OC(=O)c3ccc(OCC4CO4)cc3)cc21. The Morgan fingerprint density at radius 3 is 1.93 bits per heavy atom. The second-order valence-electron chi connectivity index (χ2n) is 10.7. The van der Waals surface area contributed by atoms with Crippen LogP contribution in [0, 0.1) is 5.82 Å². The molecule has 3 atom stereocenters. The van der Waals surface area contributed by atoms with Gasteiger partial charge < -0.3 is 33.2 Å². The van der Waals surface area contributed by atoms with Crippen molar-refractivity contribution in [2.75, 3.05) is 33.2 Å². The first-order valence-corrected chi connectivity index (χ1v) is 14.1. The van der Waals surface area contributed by atoms with Crippen molar-refractivity contribution >= 4 is 5.97 Å². The van der Waals surface area contributed by atoms with Gasteiger partial charge in [-0.25, -0.2) is 9.18 Å². The highest BCUT2D eigenvalue weighted by Crippen LogP contribution is 2.47. The molecule has 220 valence electrons. The van der Waals surface area contributed by atoms with Gasteiger partial charge in [0.15, 0.2) is 11.6 Å². The van der Waals surface area contributed by atoms with E-state index >= 15 is 0 Å². The van der Waals surface area contributed by atoms with E-state index in [1.54, 1.807) is 36.4 Å². The predicted octanol–water partition coefficient (Wildman–Crippen LogP) is 6.15. The second kappa shape index (κ2) is 11.6. The molecule has 2 aliphatic heterocycles. The molecule has 3 unspecified atom stereocenters. The van der Waals surface area contributed by atoms with E-state index in [1.165, 1.54) is 12.1 Å². The Kier molecular flexibility index (Phi) is 7.34. The molecule has 2 saturated heterocycles. The van der Waals surface area contributed by atoms with Crippen LogP contribution >= 0.6 is 0 Å². The normalized spacial score (nSPS) is 19.2. The van der Waals surface area contributed by atoms with Crippen molar-refractivity contribution in [3.05, 3.63) is 101 Å². The van der Waals surface area contributed by atoms with E-state index < -0.39 is 11.8 Å². The summed E-state index contributed by atoms with van der Waals surface area (Å²) in [6.07, 6.45) is 0.261. The van der Waals surface area contributed by atoms with Crippen LogP contribution < -0.4 is 23.7 Å². The third-order valence-corrected chi connectivity index (χ3v) is 7.59. The predicted molar refractivity (Wildman–Crippen MR) is 154 cm³/mol. The smallest absolute Gasteiger partial charge is 0.343 e. The molecule has 2 heterocycles. The van der Waals surface area contributed by atoms with Crippen molar-refractivity contribution in [3.63, 3.8) is 0 Å². The number of benzene rings is 4. The number of carbonyl (C=O) groups is 1. The van der Waals surface area contributed by atoms with Gasteiger partial charge in [0.2, 0.25) is 6.79 Å². The van der Waals surface area contributed by atoms with E-state index in [0.29, 0.717) is 48.4 Å². The lowest BCUT2D eigenvalue weighted by Crippen LogP contribution is -2.09. The van der Waals surface area contributed by atoms with E-state index in [2.05, 4.69) is 6.92 Å². The van der Waals surface area contributed by atoms with E-state index in [9.17, 15) is 9.18 Å². The summed E-state index contributed by atoms with van der Waals surface area (Å²) < 4.78 is 52.8. The zero-order valence-electron chi connectivity index (χ0n) is 23.4. The minimum atomic E-state index is -0.530. The number of rotatable bonds is 12. The minimum absolute atomic E-state index is 0.0472. The quantitative estimate of drug-likeness (QED) is 0.0849. The molecule has 0 amide bonds. The molecular formula is C34H29FO8. The molecule has 9 heteroatoms. The first-order chi connectivity index (χ1) is 21.0. The highest BCUT2D eigenvalue weighted by molar-refractivity contribution is 5.91. The van der Waals surface area contributed by atoms with Crippen molar-refractivity contribution in [3.8, 4) is 39.9 Å². The lowest BCUT2D eigenvalue weighted by molar-refractivity contribution is 0.0734. The summed E-state index contributed by atoms with van der Waals surface area (Å²) >= 11 is 0. The molecule has 8 nitrogen and oxygen atoms in total. The van der Waals surface area contributed by atoms with Gasteiger partial charge in [0.25, 0.3) is 0 Å². The maximum Gasteiger partial charge on any atom is 0.343 e. The van der Waals surface area contributed by atoms with E-state index in [1.807, 2.05) is 30.3 Å². The lowest BCUT2D eigenvalue weighted by Gasteiger charge is -2.12. The second-order valence-corrected chi connectivity index (χ2v) is 10.7. The van der Waals surface area contributed by atoms with Crippen LogP contribution in [0.1, 0.15) is 34.3 Å². The number of hydrogen-bond donors (Lipinski definition) is 0. The number of fused-ring (bicyclic) bond motifs is 3. The standard InChI is InChI=1S/C34H29FO8/c1-20-30-12-23(41-19-42-33-11-8-24(14-32(33)35)38-16-27-18-40-27)6-9-28(30)29-10-7-25(13-31(20)29)43-34(36)21-2-4-22(5-3-21)37-15-26-17-39-26/h2-14,20,26-27H,15-19H2,1H3. The van der Waals surface area contributed by atoms with Gasteiger partial charge in [-0.3, -0.25) is 0 Å². The monoisotopic (exact) mass is 584 g/mol. The maximum atomic E-state index is 14.4. The van der Waals surface area contributed by atoms with Crippen molar-refractivity contribution in [1.29, 1.82) is 0 Å². The molecule has 0 bridgehead atoms. The Morgan fingerprint density at radius 1 is 0.721 bits per heavy atom. The fourth-order valence-corrected chi connectivity index (χ4v) is 5.02. The van der Waals surface area contributed by atoms with E-state index in [4.69, 9.17) is 33.2 Å². The summed E-state index contributed by atoms with van der Waals surface area (Å²) in [4.78, 5) is 12.8. The zero-order valence-corrected chi connectivity index (χ0v) is 23.4. The first-order valence-electron chi connectivity index (χ1n) is 14.1. The minimum Gasteiger partial charge on any atom is -0.491 e. The van der Waals surface area contributed by atoms with Crippen LogP contribution in [0.4, 0.5) is 4.39 Å². The molecule has 0 spiro atoms. The molecule has 0 radical (unpaired) electrons. The Hall–Kier alpha value is -4.60. The number of hydrogen-bond acceptors (Lipinski definition) is 8. The Bertz CT molecular complexity index is 1650. The van der Waals surface area contributed by atoms with Gasteiger partial charge in [-0.15, -0.1) is 0 Å². The van der Waals surface area contributed by atoms with Crippen LogP contribution in [0.15, 0.2) is 78.9 Å². The molecule has 4 aromatic rings. The number of ether oxygens (including phenoxy) is 7. The fourth-order valence-electron chi connectivity index (χ4n) is 5.02. The summed E-state index contributed by atoms with van der Waals surface area (Å²) in [7, 11) is 0. The van der Waals surface area contributed by atoms with Gasteiger partial charge in [0.1, 0.15) is 48.4 Å². The molecule has 2 fully saturated rings. The summed E-state index contributed by atoms with van der Waals surface area (Å²) in [5.74, 6) is 1.33. The molecule has 7 rings (SSSR count). The summed E-state index contributed by atoms with van der Waals surface area (Å²) in [6, 6.07) is 22.8. The fraction of sp³-hybridized carbons (Fsp3) is 0.265. The molecule has 0 aromatic heterocycles. The third-order valence-electron chi connectivity index (χ3n) is 7.59. The Morgan fingerprint density at radius 2 is 1.28 bits per heavy atom. The van der Waals surface area contributed by atoms with Gasteiger partial charge in [-0.2, -0.15) is 0 Å². The van der Waals surface area contributed by atoms with Gasteiger partial charge in [0.05, 0.1) is 18.8 Å². The average molecular weight is 585 g/mol. The van der Waals surface area contributed by atoms with Crippen LogP contribution in [0.25, 0.3) is 11.1 Å². The van der Waals surface area contributed by atoms with Crippen molar-refractivity contribution < 1.29 is 42.3 Å². The molecule has 4 aromatic carbocycles. The highest BCUT2D eigenvalue weighted by atomic mass is 19.1. The number of esters is 1. The van der Waals surface area contributed by atoms with Gasteiger partial charge >= 0.3 is 5.97 Å². The average Bonchev–Trinajstić information content (AvgIpc) is 3.96. The van der Waals surface area contributed by atoms with Crippen molar-refractivity contribution in [1.82, 2.24) is 0 Å². The maximum absolute atomic E-state index is 14.4. The largest absolute Gasteiger partial charge is 0.491 e. The van der Waals surface area contributed by atoms with Gasteiger partial charge in [0, 0.05) is 12.0 Å². The van der Waals surface area contributed by atoms with Crippen LogP contribution in [-0.2, 0) is 9.47 Å². The van der Waals surface area contributed by atoms with Crippen LogP contribution in [0.5, 0.6) is 28.7 Å². The zero-order chi connectivity index (χ0) is 29.3. The Labute approximate surface area is 247 Å². The van der Waals surface area contributed by atoms with Crippen LogP contribution in [0.3, 0.4) is 0 Å². The molecule has 0 saturated carbocycles. The summed E-state index contributed by atoms with van der Waals surface area (Å²) in [5.41, 5.74) is 4.72. The first kappa shape index (κ1) is 27.2. The van der Waals surface area contributed by atoms with Crippen LogP contribution in [0.2, 0.25) is 0 Å². The van der Waals surface area contributed by atoms with Crippen molar-refractivity contribution in [2.24, 2.45) is 0 Å². The number of epoxide rings is 2. The van der Waals surface area contributed by atoms with Gasteiger partial charge in [-0.1, -0.05) is 19.1 Å². The third kappa shape index (κ3) is 6.28. The molecule has 43 heavy (non-hydrogen) atoms.